The highest BCUT2D eigenvalue weighted by Gasteiger charge is 2.45. The van der Waals surface area contributed by atoms with Gasteiger partial charge in [0.2, 0.25) is 17.6 Å². The van der Waals surface area contributed by atoms with E-state index in [1.54, 1.807) is 38.1 Å². The van der Waals surface area contributed by atoms with Gasteiger partial charge in [0.1, 0.15) is 6.04 Å². The van der Waals surface area contributed by atoms with Crippen LogP contribution in [0, 0.1) is 12.3 Å². The summed E-state index contributed by atoms with van der Waals surface area (Å²) < 4.78 is 4.97. The van der Waals surface area contributed by atoms with E-state index in [4.69, 9.17) is 4.52 Å². The van der Waals surface area contributed by atoms with Crippen LogP contribution in [0.2, 0.25) is 0 Å². The van der Waals surface area contributed by atoms with Crippen molar-refractivity contribution in [2.45, 2.75) is 45.6 Å². The van der Waals surface area contributed by atoms with E-state index in [2.05, 4.69) is 15.5 Å². The molecule has 0 bridgehead atoms. The fraction of sp³-hybridized carbons (Fsp3) is 0.500. The quantitative estimate of drug-likeness (QED) is 0.896. The van der Waals surface area contributed by atoms with Crippen molar-refractivity contribution in [3.05, 3.63) is 35.7 Å². The molecule has 0 unspecified atom stereocenters. The minimum absolute atomic E-state index is 0.00209. The van der Waals surface area contributed by atoms with Gasteiger partial charge in [0, 0.05) is 31.1 Å². The molecule has 4 rings (SSSR count). The third-order valence-electron chi connectivity index (χ3n) is 5.74. The van der Waals surface area contributed by atoms with Gasteiger partial charge in [-0.05, 0) is 50.2 Å². The molecule has 1 atom stereocenters. The molecule has 2 aromatic rings. The Bertz CT molecular complexity index is 844. The van der Waals surface area contributed by atoms with Crippen LogP contribution in [0.3, 0.4) is 0 Å². The SMILES string of the molecule is Cc1nc(-c2ccc(C(=O)N[C@H](C)C(=O)N3CCC4(CC3)CC4)cc2)no1. The number of carbonyl (C=O) groups is 2. The summed E-state index contributed by atoms with van der Waals surface area (Å²) >= 11 is 0. The maximum atomic E-state index is 12.6. The summed E-state index contributed by atoms with van der Waals surface area (Å²) in [5.74, 6) is 0.714. The molecule has 2 aliphatic rings. The minimum atomic E-state index is -0.537. The molecule has 1 saturated carbocycles. The Kier molecular flexibility index (Phi) is 4.45. The summed E-state index contributed by atoms with van der Waals surface area (Å²) in [5.41, 5.74) is 1.80. The van der Waals surface area contributed by atoms with Gasteiger partial charge in [0.25, 0.3) is 5.91 Å². The molecule has 7 heteroatoms. The van der Waals surface area contributed by atoms with Gasteiger partial charge in [-0.1, -0.05) is 17.3 Å². The molecular formula is C20H24N4O3. The molecule has 1 saturated heterocycles. The lowest BCUT2D eigenvalue weighted by Gasteiger charge is -2.33. The van der Waals surface area contributed by atoms with Gasteiger partial charge in [-0.25, -0.2) is 0 Å². The maximum Gasteiger partial charge on any atom is 0.251 e. The van der Waals surface area contributed by atoms with Gasteiger partial charge < -0.3 is 14.7 Å². The molecule has 2 heterocycles. The molecule has 2 amide bonds. The predicted molar refractivity (Wildman–Crippen MR) is 98.9 cm³/mol. The van der Waals surface area contributed by atoms with Crippen molar-refractivity contribution < 1.29 is 14.1 Å². The maximum absolute atomic E-state index is 12.6. The van der Waals surface area contributed by atoms with Crippen LogP contribution in [0.5, 0.6) is 0 Å². The minimum Gasteiger partial charge on any atom is -0.341 e. The van der Waals surface area contributed by atoms with E-state index in [-0.39, 0.29) is 11.8 Å². The summed E-state index contributed by atoms with van der Waals surface area (Å²) in [7, 11) is 0. The summed E-state index contributed by atoms with van der Waals surface area (Å²) in [6.07, 6.45) is 4.80. The highest BCUT2D eigenvalue weighted by atomic mass is 16.5. The van der Waals surface area contributed by atoms with Gasteiger partial charge in [-0.2, -0.15) is 4.98 Å². The van der Waals surface area contributed by atoms with Gasteiger partial charge in [-0.3, -0.25) is 9.59 Å². The molecule has 1 aromatic carbocycles. The molecule has 2 fully saturated rings. The second kappa shape index (κ2) is 6.79. The first-order valence-corrected chi connectivity index (χ1v) is 9.46. The average Bonchev–Trinajstić information content (AvgIpc) is 3.29. The number of rotatable bonds is 4. The zero-order chi connectivity index (χ0) is 19.0. The summed E-state index contributed by atoms with van der Waals surface area (Å²) in [6.45, 7) is 5.08. The topological polar surface area (TPSA) is 88.3 Å². The smallest absolute Gasteiger partial charge is 0.251 e. The van der Waals surface area contributed by atoms with Crippen molar-refractivity contribution in [2.75, 3.05) is 13.1 Å². The van der Waals surface area contributed by atoms with Crippen molar-refractivity contribution in [3.8, 4) is 11.4 Å². The predicted octanol–water partition coefficient (Wildman–Crippen LogP) is 2.57. The number of aromatic nitrogens is 2. The van der Waals surface area contributed by atoms with Crippen LogP contribution in [-0.4, -0.2) is 46.0 Å². The molecule has 7 nitrogen and oxygen atoms in total. The lowest BCUT2D eigenvalue weighted by atomic mass is 9.93. The lowest BCUT2D eigenvalue weighted by molar-refractivity contribution is -0.134. The fourth-order valence-electron chi connectivity index (χ4n) is 3.68. The van der Waals surface area contributed by atoms with Crippen molar-refractivity contribution in [2.24, 2.45) is 5.41 Å². The molecule has 1 aromatic heterocycles. The summed E-state index contributed by atoms with van der Waals surface area (Å²) in [4.78, 5) is 31.1. The first kappa shape index (κ1) is 17.7. The summed E-state index contributed by atoms with van der Waals surface area (Å²) in [6, 6.07) is 6.40. The van der Waals surface area contributed by atoms with E-state index in [0.29, 0.717) is 22.7 Å². The van der Waals surface area contributed by atoms with Crippen LogP contribution in [-0.2, 0) is 4.79 Å². The monoisotopic (exact) mass is 368 g/mol. The number of likely N-dealkylation sites (tertiary alicyclic amines) is 1. The second-order valence-electron chi connectivity index (χ2n) is 7.73. The summed E-state index contributed by atoms with van der Waals surface area (Å²) in [5, 5.41) is 6.67. The Morgan fingerprint density at radius 2 is 1.81 bits per heavy atom. The van der Waals surface area contributed by atoms with E-state index < -0.39 is 6.04 Å². The van der Waals surface area contributed by atoms with E-state index in [1.165, 1.54) is 12.8 Å². The zero-order valence-electron chi connectivity index (χ0n) is 15.7. The van der Waals surface area contributed by atoms with Gasteiger partial charge in [-0.15, -0.1) is 0 Å². The number of piperidine rings is 1. The highest BCUT2D eigenvalue weighted by molar-refractivity contribution is 5.97. The van der Waals surface area contributed by atoms with Crippen LogP contribution < -0.4 is 5.32 Å². The first-order valence-electron chi connectivity index (χ1n) is 9.46. The van der Waals surface area contributed by atoms with E-state index in [1.807, 2.05) is 4.90 Å². The molecule has 142 valence electrons. The number of nitrogens with zero attached hydrogens (tertiary/aromatic N) is 3. The third-order valence-corrected chi connectivity index (χ3v) is 5.74. The molecule has 27 heavy (non-hydrogen) atoms. The van der Waals surface area contributed by atoms with Crippen molar-refractivity contribution in [1.29, 1.82) is 0 Å². The molecule has 1 N–H and O–H groups in total. The largest absolute Gasteiger partial charge is 0.341 e. The highest BCUT2D eigenvalue weighted by Crippen LogP contribution is 2.53. The van der Waals surface area contributed by atoms with E-state index in [0.717, 1.165) is 31.5 Å². The normalized spacial score (nSPS) is 19.0. The Balaban J connectivity index is 1.34. The van der Waals surface area contributed by atoms with Crippen LogP contribution in [0.4, 0.5) is 0 Å². The molecule has 0 radical (unpaired) electrons. The lowest BCUT2D eigenvalue weighted by Crippen LogP contribution is -2.49. The standard InChI is InChI=1S/C20H24N4O3/c1-13(19(26)24-11-9-20(7-8-20)10-12-24)21-18(25)16-5-3-15(4-6-16)17-22-14(2)27-23-17/h3-6,13H,7-12H2,1-2H3,(H,21,25)/t13-/m1/s1. The van der Waals surface area contributed by atoms with Gasteiger partial charge in [0.05, 0.1) is 0 Å². The van der Waals surface area contributed by atoms with Crippen molar-refractivity contribution >= 4 is 11.8 Å². The van der Waals surface area contributed by atoms with Gasteiger partial charge >= 0.3 is 0 Å². The van der Waals surface area contributed by atoms with E-state index in [9.17, 15) is 9.59 Å². The Morgan fingerprint density at radius 3 is 2.37 bits per heavy atom. The number of carbonyl (C=O) groups excluding carboxylic acids is 2. The number of amides is 2. The second-order valence-corrected chi connectivity index (χ2v) is 7.73. The number of hydrogen-bond acceptors (Lipinski definition) is 5. The first-order chi connectivity index (χ1) is 13.0. The average molecular weight is 368 g/mol. The third kappa shape index (κ3) is 3.72. The van der Waals surface area contributed by atoms with E-state index >= 15 is 0 Å². The van der Waals surface area contributed by atoms with Crippen LogP contribution in [0.1, 0.15) is 48.9 Å². The number of hydrogen-bond donors (Lipinski definition) is 1. The zero-order valence-corrected chi connectivity index (χ0v) is 15.7. The molecule has 1 aliphatic carbocycles. The van der Waals surface area contributed by atoms with Gasteiger partial charge in [0.15, 0.2) is 0 Å². The van der Waals surface area contributed by atoms with Crippen LogP contribution >= 0.6 is 0 Å². The number of aryl methyl sites for hydroxylation is 1. The molecule has 1 aliphatic heterocycles. The number of nitrogens with one attached hydrogen (secondary N) is 1. The molecule has 1 spiro atoms. The van der Waals surface area contributed by atoms with Crippen molar-refractivity contribution in [3.63, 3.8) is 0 Å². The fourth-order valence-corrected chi connectivity index (χ4v) is 3.68. The van der Waals surface area contributed by atoms with Crippen LogP contribution in [0.25, 0.3) is 11.4 Å². The number of benzene rings is 1. The Hall–Kier alpha value is -2.70. The Labute approximate surface area is 158 Å². The molecular weight excluding hydrogens is 344 g/mol. The van der Waals surface area contributed by atoms with Crippen molar-refractivity contribution in [1.82, 2.24) is 20.4 Å². The van der Waals surface area contributed by atoms with Crippen LogP contribution in [0.15, 0.2) is 28.8 Å². The Morgan fingerprint density at radius 1 is 1.15 bits per heavy atom.